The van der Waals surface area contributed by atoms with Crippen molar-refractivity contribution in [1.29, 1.82) is 0 Å². The minimum absolute atomic E-state index is 0.0498. The number of benzene rings is 1. The molecular formula is C19H31N3O2. The van der Waals surface area contributed by atoms with Crippen LogP contribution in [-0.2, 0) is 13.2 Å². The van der Waals surface area contributed by atoms with Gasteiger partial charge in [-0.2, -0.15) is 0 Å². The zero-order valence-corrected chi connectivity index (χ0v) is 15.4. The maximum absolute atomic E-state index is 11.8. The number of nitrogens with zero attached hydrogens (tertiary/aromatic N) is 1. The average Bonchev–Trinajstić information content (AvgIpc) is 2.55. The molecule has 1 aliphatic rings. The van der Waals surface area contributed by atoms with Crippen LogP contribution in [0.25, 0.3) is 0 Å². The number of likely N-dealkylation sites (tertiary alicyclic amines) is 1. The number of piperidine rings is 1. The fourth-order valence-electron chi connectivity index (χ4n) is 3.58. The lowest BCUT2D eigenvalue weighted by molar-refractivity contribution is 0.176. The standard InChI is InChI=1S/C19H31N3O2/c1-5-20-19(24)22-8-6-16(7-9-22)21-11-17-13(2)10-14(3)18(12-23)15(17)4/h10,16,21,23H,5-9,11-12H2,1-4H3,(H,20,24). The molecule has 1 heterocycles. The quantitative estimate of drug-likeness (QED) is 0.775. The van der Waals surface area contributed by atoms with Crippen LogP contribution in [0.3, 0.4) is 0 Å². The third-order valence-corrected chi connectivity index (χ3v) is 5.13. The number of hydrogen-bond acceptors (Lipinski definition) is 3. The van der Waals surface area contributed by atoms with Gasteiger partial charge >= 0.3 is 6.03 Å². The first-order valence-corrected chi connectivity index (χ1v) is 8.93. The van der Waals surface area contributed by atoms with Gasteiger partial charge in [0.05, 0.1) is 6.61 Å². The van der Waals surface area contributed by atoms with E-state index < -0.39 is 0 Å². The molecule has 2 amide bonds. The van der Waals surface area contributed by atoms with E-state index in [9.17, 15) is 9.90 Å². The summed E-state index contributed by atoms with van der Waals surface area (Å²) < 4.78 is 0. The number of amides is 2. The van der Waals surface area contributed by atoms with Crippen LogP contribution >= 0.6 is 0 Å². The summed E-state index contributed by atoms with van der Waals surface area (Å²) in [6, 6.07) is 2.65. The van der Waals surface area contributed by atoms with Crippen molar-refractivity contribution < 1.29 is 9.90 Å². The van der Waals surface area contributed by atoms with Crippen molar-refractivity contribution in [3.05, 3.63) is 33.9 Å². The summed E-state index contributed by atoms with van der Waals surface area (Å²) in [5.41, 5.74) is 5.96. The summed E-state index contributed by atoms with van der Waals surface area (Å²) in [6.45, 7) is 11.4. The van der Waals surface area contributed by atoms with Crippen LogP contribution in [0.4, 0.5) is 4.79 Å². The Bertz CT molecular complexity index is 578. The van der Waals surface area contributed by atoms with Crippen LogP contribution in [0.1, 0.15) is 47.6 Å². The normalized spacial score (nSPS) is 15.6. The molecule has 0 unspecified atom stereocenters. The molecule has 5 heteroatoms. The molecule has 3 N–H and O–H groups in total. The van der Waals surface area contributed by atoms with Gasteiger partial charge in [-0.1, -0.05) is 6.07 Å². The number of aliphatic hydroxyl groups excluding tert-OH is 1. The molecular weight excluding hydrogens is 302 g/mol. The smallest absolute Gasteiger partial charge is 0.317 e. The second-order valence-electron chi connectivity index (χ2n) is 6.73. The first kappa shape index (κ1) is 18.7. The van der Waals surface area contributed by atoms with E-state index in [1.165, 1.54) is 16.7 Å². The van der Waals surface area contributed by atoms with E-state index in [1.807, 2.05) is 11.8 Å². The lowest BCUT2D eigenvalue weighted by atomic mass is 9.93. The van der Waals surface area contributed by atoms with Gasteiger partial charge in [0.15, 0.2) is 0 Å². The van der Waals surface area contributed by atoms with Crippen molar-refractivity contribution in [2.45, 2.75) is 59.7 Å². The highest BCUT2D eigenvalue weighted by Gasteiger charge is 2.22. The van der Waals surface area contributed by atoms with Gasteiger partial charge in [-0.05, 0) is 68.4 Å². The van der Waals surface area contributed by atoms with E-state index >= 15 is 0 Å². The summed E-state index contributed by atoms with van der Waals surface area (Å²) in [6.07, 6.45) is 1.96. The first-order valence-electron chi connectivity index (χ1n) is 8.93. The van der Waals surface area contributed by atoms with Crippen LogP contribution in [0.15, 0.2) is 6.07 Å². The number of nitrogens with one attached hydrogen (secondary N) is 2. The van der Waals surface area contributed by atoms with Crippen molar-refractivity contribution in [3.8, 4) is 0 Å². The SMILES string of the molecule is CCNC(=O)N1CCC(NCc2c(C)cc(C)c(CO)c2C)CC1. The molecule has 0 aliphatic carbocycles. The molecule has 24 heavy (non-hydrogen) atoms. The minimum atomic E-state index is 0.0498. The molecule has 0 spiro atoms. The third kappa shape index (κ3) is 4.28. The monoisotopic (exact) mass is 333 g/mol. The molecule has 0 saturated carbocycles. The number of rotatable bonds is 5. The van der Waals surface area contributed by atoms with Crippen LogP contribution in [0.5, 0.6) is 0 Å². The lowest BCUT2D eigenvalue weighted by Gasteiger charge is -2.32. The summed E-state index contributed by atoms with van der Waals surface area (Å²) in [4.78, 5) is 13.7. The molecule has 2 rings (SSSR count). The Morgan fingerprint density at radius 1 is 1.21 bits per heavy atom. The largest absolute Gasteiger partial charge is 0.392 e. The van der Waals surface area contributed by atoms with Crippen molar-refractivity contribution in [2.24, 2.45) is 0 Å². The number of aliphatic hydroxyl groups is 1. The van der Waals surface area contributed by atoms with Crippen LogP contribution in [-0.4, -0.2) is 41.7 Å². The third-order valence-electron chi connectivity index (χ3n) is 5.13. The zero-order valence-electron chi connectivity index (χ0n) is 15.4. The Morgan fingerprint density at radius 3 is 2.42 bits per heavy atom. The van der Waals surface area contributed by atoms with E-state index in [4.69, 9.17) is 0 Å². The molecule has 1 aromatic rings. The molecule has 1 aliphatic heterocycles. The second kappa shape index (κ2) is 8.49. The van der Waals surface area contributed by atoms with Gasteiger partial charge in [0.25, 0.3) is 0 Å². The zero-order chi connectivity index (χ0) is 17.7. The second-order valence-corrected chi connectivity index (χ2v) is 6.73. The topological polar surface area (TPSA) is 64.6 Å². The van der Waals surface area contributed by atoms with Gasteiger partial charge in [0.2, 0.25) is 0 Å². The van der Waals surface area contributed by atoms with Gasteiger partial charge in [-0.25, -0.2) is 4.79 Å². The van der Waals surface area contributed by atoms with E-state index in [2.05, 4.69) is 37.5 Å². The number of carbonyl (C=O) groups excluding carboxylic acids is 1. The summed E-state index contributed by atoms with van der Waals surface area (Å²) in [7, 11) is 0. The Hall–Kier alpha value is -1.59. The number of hydrogen-bond donors (Lipinski definition) is 3. The molecule has 1 saturated heterocycles. The molecule has 0 radical (unpaired) electrons. The highest BCUT2D eigenvalue weighted by molar-refractivity contribution is 5.74. The van der Waals surface area contributed by atoms with Gasteiger partial charge < -0.3 is 20.6 Å². The number of carbonyl (C=O) groups is 1. The average molecular weight is 333 g/mol. The Morgan fingerprint density at radius 2 is 1.83 bits per heavy atom. The molecule has 0 aromatic heterocycles. The summed E-state index contributed by atoms with van der Waals surface area (Å²) in [5, 5.41) is 16.1. The van der Waals surface area contributed by atoms with E-state index in [1.54, 1.807) is 0 Å². The van der Waals surface area contributed by atoms with Gasteiger partial charge in [0, 0.05) is 32.2 Å². The predicted molar refractivity (Wildman–Crippen MR) is 97.1 cm³/mol. The van der Waals surface area contributed by atoms with E-state index in [0.29, 0.717) is 12.6 Å². The van der Waals surface area contributed by atoms with Crippen LogP contribution < -0.4 is 10.6 Å². The summed E-state index contributed by atoms with van der Waals surface area (Å²) in [5.74, 6) is 0. The number of aryl methyl sites for hydroxylation is 2. The molecule has 1 fully saturated rings. The van der Waals surface area contributed by atoms with Crippen molar-refractivity contribution in [2.75, 3.05) is 19.6 Å². The molecule has 0 bridgehead atoms. The van der Waals surface area contributed by atoms with E-state index in [-0.39, 0.29) is 12.6 Å². The highest BCUT2D eigenvalue weighted by atomic mass is 16.3. The molecule has 134 valence electrons. The van der Waals surface area contributed by atoms with E-state index in [0.717, 1.165) is 43.6 Å². The maximum atomic E-state index is 11.8. The molecule has 5 nitrogen and oxygen atoms in total. The summed E-state index contributed by atoms with van der Waals surface area (Å²) >= 11 is 0. The Balaban J connectivity index is 1.92. The van der Waals surface area contributed by atoms with Gasteiger partial charge in [-0.15, -0.1) is 0 Å². The minimum Gasteiger partial charge on any atom is -0.392 e. The lowest BCUT2D eigenvalue weighted by Crippen LogP contribution is -2.48. The molecule has 0 atom stereocenters. The maximum Gasteiger partial charge on any atom is 0.317 e. The molecule has 1 aromatic carbocycles. The van der Waals surface area contributed by atoms with Crippen LogP contribution in [0.2, 0.25) is 0 Å². The fraction of sp³-hybridized carbons (Fsp3) is 0.632. The van der Waals surface area contributed by atoms with Gasteiger partial charge in [0.1, 0.15) is 0 Å². The van der Waals surface area contributed by atoms with Crippen molar-refractivity contribution in [3.63, 3.8) is 0 Å². The first-order chi connectivity index (χ1) is 11.5. The Kier molecular flexibility index (Phi) is 6.63. The number of urea groups is 1. The van der Waals surface area contributed by atoms with Crippen molar-refractivity contribution in [1.82, 2.24) is 15.5 Å². The van der Waals surface area contributed by atoms with Crippen molar-refractivity contribution >= 4 is 6.03 Å². The fourth-order valence-corrected chi connectivity index (χ4v) is 3.58. The van der Waals surface area contributed by atoms with Crippen LogP contribution in [0, 0.1) is 20.8 Å². The highest BCUT2D eigenvalue weighted by Crippen LogP contribution is 2.23. The Labute approximate surface area is 145 Å². The predicted octanol–water partition coefficient (Wildman–Crippen LogP) is 2.39. The van der Waals surface area contributed by atoms with Gasteiger partial charge in [-0.3, -0.25) is 0 Å².